The summed E-state index contributed by atoms with van der Waals surface area (Å²) in [5, 5.41) is 0. The lowest BCUT2D eigenvalue weighted by molar-refractivity contribution is -0.0216. The fraction of sp³-hybridized carbons (Fsp3) is 1.00. The van der Waals surface area contributed by atoms with Crippen LogP contribution in [-0.4, -0.2) is 32.0 Å². The molecule has 106 valence electrons. The first kappa shape index (κ1) is 20.5. The van der Waals surface area contributed by atoms with Crippen molar-refractivity contribution in [3.63, 3.8) is 0 Å². The van der Waals surface area contributed by atoms with Gasteiger partial charge in [0.1, 0.15) is 6.10 Å². The zero-order chi connectivity index (χ0) is 12.4. The SMILES string of the molecule is C.CCC.COC1C[C@H](C)O[C@@H]1COPPP. The van der Waals surface area contributed by atoms with E-state index in [0.29, 0.717) is 21.2 Å². The van der Waals surface area contributed by atoms with E-state index in [1.807, 2.05) is 0 Å². The van der Waals surface area contributed by atoms with E-state index in [1.165, 1.54) is 6.42 Å². The molecule has 0 aromatic rings. The molecule has 3 nitrogen and oxygen atoms in total. The maximum atomic E-state index is 5.66. The Kier molecular flexibility index (Phi) is 16.4. The second kappa shape index (κ2) is 13.6. The van der Waals surface area contributed by atoms with Crippen LogP contribution in [0, 0.1) is 0 Å². The molecule has 1 heterocycles. The topological polar surface area (TPSA) is 27.7 Å². The molecule has 0 aromatic carbocycles. The highest BCUT2D eigenvalue weighted by atomic mass is 32.4. The molecule has 0 N–H and O–H groups in total. The second-order valence-electron chi connectivity index (χ2n) is 3.76. The summed E-state index contributed by atoms with van der Waals surface area (Å²) < 4.78 is 16.4. The Morgan fingerprint density at radius 3 is 2.47 bits per heavy atom. The van der Waals surface area contributed by atoms with Crippen LogP contribution in [-0.2, 0) is 14.0 Å². The summed E-state index contributed by atoms with van der Waals surface area (Å²) in [6.07, 6.45) is 2.89. The van der Waals surface area contributed by atoms with Crippen molar-refractivity contribution in [3.05, 3.63) is 0 Å². The van der Waals surface area contributed by atoms with Crippen LogP contribution >= 0.6 is 25.4 Å². The van der Waals surface area contributed by atoms with Crippen LogP contribution in [0.5, 0.6) is 0 Å². The Hall–Kier alpha value is 1.17. The molecule has 1 saturated heterocycles. The van der Waals surface area contributed by atoms with Gasteiger partial charge in [0, 0.05) is 22.0 Å². The Bertz CT molecular complexity index is 161. The predicted octanol–water partition coefficient (Wildman–Crippen LogP) is 4.22. The summed E-state index contributed by atoms with van der Waals surface area (Å²) >= 11 is 0. The van der Waals surface area contributed by atoms with Gasteiger partial charge in [0.05, 0.1) is 18.8 Å². The lowest BCUT2D eigenvalue weighted by Crippen LogP contribution is -2.27. The zero-order valence-corrected chi connectivity index (χ0v) is 13.8. The van der Waals surface area contributed by atoms with E-state index in [1.54, 1.807) is 7.11 Å². The molecule has 0 spiro atoms. The van der Waals surface area contributed by atoms with Gasteiger partial charge in [0.2, 0.25) is 0 Å². The van der Waals surface area contributed by atoms with Crippen molar-refractivity contribution in [2.24, 2.45) is 0 Å². The maximum Gasteiger partial charge on any atom is 0.108 e. The van der Waals surface area contributed by atoms with E-state index in [0.717, 1.165) is 14.4 Å². The monoisotopic (exact) mass is 302 g/mol. The van der Waals surface area contributed by atoms with E-state index >= 15 is 0 Å². The maximum absolute atomic E-state index is 5.66. The minimum atomic E-state index is 0. The van der Waals surface area contributed by atoms with Crippen LogP contribution in [0.15, 0.2) is 0 Å². The molecule has 6 atom stereocenters. The molecule has 0 saturated carbocycles. The fourth-order valence-corrected chi connectivity index (χ4v) is 3.06. The van der Waals surface area contributed by atoms with Crippen molar-refractivity contribution < 1.29 is 14.0 Å². The average molecular weight is 302 g/mol. The van der Waals surface area contributed by atoms with Crippen LogP contribution in [0.1, 0.15) is 41.0 Å². The molecular formula is C11H29O3P3. The molecule has 0 aliphatic carbocycles. The van der Waals surface area contributed by atoms with Crippen molar-refractivity contribution in [3.8, 4) is 0 Å². The minimum Gasteiger partial charge on any atom is -0.379 e. The van der Waals surface area contributed by atoms with Crippen LogP contribution in [0.2, 0.25) is 0 Å². The smallest absolute Gasteiger partial charge is 0.108 e. The van der Waals surface area contributed by atoms with Gasteiger partial charge < -0.3 is 14.0 Å². The van der Waals surface area contributed by atoms with E-state index in [2.05, 4.69) is 29.7 Å². The van der Waals surface area contributed by atoms with Crippen molar-refractivity contribution in [2.75, 3.05) is 13.7 Å². The number of hydrogen-bond donors (Lipinski definition) is 0. The van der Waals surface area contributed by atoms with E-state index in [9.17, 15) is 0 Å². The minimum absolute atomic E-state index is 0. The van der Waals surface area contributed by atoms with Crippen LogP contribution in [0.4, 0.5) is 0 Å². The summed E-state index contributed by atoms with van der Waals surface area (Å²) in [4.78, 5) is 0. The normalized spacial score (nSPS) is 28.4. The molecule has 0 bridgehead atoms. The van der Waals surface area contributed by atoms with Crippen LogP contribution in [0.25, 0.3) is 0 Å². The van der Waals surface area contributed by atoms with E-state index < -0.39 is 0 Å². The summed E-state index contributed by atoms with van der Waals surface area (Å²) in [6, 6.07) is 0. The number of rotatable bonds is 5. The average Bonchev–Trinajstić information content (AvgIpc) is 2.60. The van der Waals surface area contributed by atoms with Gasteiger partial charge in [-0.2, -0.15) is 0 Å². The van der Waals surface area contributed by atoms with Crippen molar-refractivity contribution >= 4 is 25.4 Å². The molecule has 1 rings (SSSR count). The van der Waals surface area contributed by atoms with Crippen LogP contribution in [0.3, 0.4) is 0 Å². The lowest BCUT2D eigenvalue weighted by Gasteiger charge is -2.16. The predicted molar refractivity (Wildman–Crippen MR) is 84.7 cm³/mol. The zero-order valence-electron chi connectivity index (χ0n) is 10.7. The number of methoxy groups -OCH3 is 1. The Morgan fingerprint density at radius 1 is 1.41 bits per heavy atom. The van der Waals surface area contributed by atoms with Gasteiger partial charge >= 0.3 is 0 Å². The molecule has 1 aliphatic rings. The quantitative estimate of drug-likeness (QED) is 0.562. The third-order valence-electron chi connectivity index (χ3n) is 2.07. The van der Waals surface area contributed by atoms with Gasteiger partial charge in [-0.05, 0) is 6.92 Å². The van der Waals surface area contributed by atoms with Gasteiger partial charge in [0.25, 0.3) is 0 Å². The first-order chi connectivity index (χ1) is 7.69. The third-order valence-corrected chi connectivity index (χ3v) is 4.34. The highest BCUT2D eigenvalue weighted by Crippen LogP contribution is 2.44. The Morgan fingerprint density at radius 2 is 2.00 bits per heavy atom. The Balaban J connectivity index is 0. The standard InChI is InChI=1S/C7H17O3P3.C3H8.CH4/c1-5-3-6(8-2)7(10-5)4-9-12-13-11;1-3-2;/h5-7,12-13H,3-4,11H2,1-2H3;3H2,1-2H3;1H4/t5-,6?,7+;;/m0../s1. The molecule has 0 amide bonds. The van der Waals surface area contributed by atoms with Crippen LogP contribution < -0.4 is 0 Å². The molecule has 0 aromatic heterocycles. The molecule has 4 unspecified atom stereocenters. The largest absolute Gasteiger partial charge is 0.379 e. The van der Waals surface area contributed by atoms with Gasteiger partial charge in [-0.25, -0.2) is 0 Å². The number of ether oxygens (including phenoxy) is 2. The van der Waals surface area contributed by atoms with Crippen molar-refractivity contribution in [1.82, 2.24) is 0 Å². The van der Waals surface area contributed by atoms with Crippen molar-refractivity contribution in [2.45, 2.75) is 59.4 Å². The number of hydrogen-bond acceptors (Lipinski definition) is 3. The van der Waals surface area contributed by atoms with E-state index in [-0.39, 0.29) is 19.6 Å². The molecule has 17 heavy (non-hydrogen) atoms. The highest BCUT2D eigenvalue weighted by molar-refractivity contribution is 8.37. The Labute approximate surface area is 113 Å². The summed E-state index contributed by atoms with van der Waals surface area (Å²) in [6.45, 7) is 6.99. The van der Waals surface area contributed by atoms with Gasteiger partial charge in [-0.1, -0.05) is 35.7 Å². The lowest BCUT2D eigenvalue weighted by atomic mass is 10.1. The molecule has 0 radical (unpaired) electrons. The van der Waals surface area contributed by atoms with Gasteiger partial charge in [-0.3, -0.25) is 0 Å². The summed E-state index contributed by atoms with van der Waals surface area (Å²) in [5.41, 5.74) is 0. The molecular weight excluding hydrogens is 273 g/mol. The molecule has 1 aliphatic heterocycles. The van der Waals surface area contributed by atoms with Crippen molar-refractivity contribution in [1.29, 1.82) is 0 Å². The second-order valence-corrected chi connectivity index (χ2v) is 8.62. The fourth-order valence-electron chi connectivity index (χ4n) is 1.48. The summed E-state index contributed by atoms with van der Waals surface area (Å²) in [5.74, 6) is 0. The molecule has 6 heteroatoms. The third kappa shape index (κ3) is 9.71. The van der Waals surface area contributed by atoms with E-state index in [4.69, 9.17) is 14.0 Å². The van der Waals surface area contributed by atoms with Gasteiger partial charge in [0.15, 0.2) is 0 Å². The highest BCUT2D eigenvalue weighted by Gasteiger charge is 2.32. The first-order valence-corrected chi connectivity index (χ1v) is 10.4. The first-order valence-electron chi connectivity index (χ1n) is 5.70. The van der Waals surface area contributed by atoms with Gasteiger partial charge in [-0.15, -0.1) is 8.93 Å². The molecule has 1 fully saturated rings. The summed E-state index contributed by atoms with van der Waals surface area (Å²) in [7, 11) is 5.79.